The first-order chi connectivity index (χ1) is 8.79. The molecular weight excluding hydrogens is 248 g/mol. The van der Waals surface area contributed by atoms with Crippen molar-refractivity contribution in [1.29, 1.82) is 0 Å². The topological polar surface area (TPSA) is 62.7 Å². The summed E-state index contributed by atoms with van der Waals surface area (Å²) in [5.74, 6) is 0.857. The zero-order chi connectivity index (χ0) is 12.5. The molecular formula is C12H11N4OS+. The van der Waals surface area contributed by atoms with Crippen molar-refractivity contribution in [1.82, 2.24) is 15.1 Å². The van der Waals surface area contributed by atoms with E-state index in [0.717, 1.165) is 16.7 Å². The van der Waals surface area contributed by atoms with Crippen molar-refractivity contribution in [3.05, 3.63) is 40.9 Å². The van der Waals surface area contributed by atoms with Gasteiger partial charge >= 0.3 is 11.9 Å². The van der Waals surface area contributed by atoms with E-state index in [0.29, 0.717) is 10.7 Å². The number of aromatic amines is 1. The van der Waals surface area contributed by atoms with Crippen molar-refractivity contribution in [3.63, 3.8) is 0 Å². The Kier molecular flexibility index (Phi) is 2.71. The molecule has 0 amide bonds. The van der Waals surface area contributed by atoms with Crippen molar-refractivity contribution in [2.24, 2.45) is 0 Å². The Morgan fingerprint density at radius 1 is 1.39 bits per heavy atom. The molecule has 0 bridgehead atoms. The fourth-order valence-corrected chi connectivity index (χ4v) is 2.45. The van der Waals surface area contributed by atoms with Crippen LogP contribution in [0.4, 0.5) is 0 Å². The maximum atomic E-state index is 12.1. The first kappa shape index (κ1) is 11.2. The third-order valence-corrected chi connectivity index (χ3v) is 3.36. The number of hydrogen-bond donors (Lipinski definition) is 1. The molecule has 0 unspecified atom stereocenters. The molecule has 0 aliphatic rings. The van der Waals surface area contributed by atoms with Crippen molar-refractivity contribution in [2.45, 2.75) is 12.1 Å². The van der Waals surface area contributed by atoms with Gasteiger partial charge in [0.2, 0.25) is 10.7 Å². The number of thioether (sulfide) groups is 1. The Morgan fingerprint density at radius 3 is 3.06 bits per heavy atom. The van der Waals surface area contributed by atoms with Crippen LogP contribution in [0, 0.1) is 0 Å². The van der Waals surface area contributed by atoms with E-state index in [1.807, 2.05) is 31.2 Å². The summed E-state index contributed by atoms with van der Waals surface area (Å²) in [6, 6.07) is 7.54. The van der Waals surface area contributed by atoms with E-state index in [4.69, 9.17) is 0 Å². The van der Waals surface area contributed by atoms with Gasteiger partial charge in [-0.25, -0.2) is 0 Å². The van der Waals surface area contributed by atoms with Gasteiger partial charge in [-0.15, -0.1) is 0 Å². The number of aromatic nitrogens is 4. The third-order valence-electron chi connectivity index (χ3n) is 2.61. The maximum Gasteiger partial charge on any atom is 0.312 e. The summed E-state index contributed by atoms with van der Waals surface area (Å²) in [5.41, 5.74) is 1.18. The number of fused-ring (bicyclic) bond motifs is 3. The average Bonchev–Trinajstić information content (AvgIpc) is 2.38. The molecule has 2 heterocycles. The van der Waals surface area contributed by atoms with E-state index in [2.05, 4.69) is 15.1 Å². The minimum Gasteiger partial charge on any atom is -0.295 e. The van der Waals surface area contributed by atoms with Crippen LogP contribution < -0.4 is 10.1 Å². The number of nitrogens with zero attached hydrogens (tertiary/aromatic N) is 3. The van der Waals surface area contributed by atoms with Gasteiger partial charge in [-0.1, -0.05) is 40.4 Å². The first-order valence-corrected chi connectivity index (χ1v) is 6.60. The second-order valence-electron chi connectivity index (χ2n) is 3.75. The molecule has 0 spiro atoms. The molecule has 0 atom stereocenters. The molecule has 6 heteroatoms. The molecule has 1 N–H and O–H groups in total. The fraction of sp³-hybridized carbons (Fsp3) is 0.167. The van der Waals surface area contributed by atoms with Gasteiger partial charge < -0.3 is 0 Å². The summed E-state index contributed by atoms with van der Waals surface area (Å²) >= 11 is 1.49. The van der Waals surface area contributed by atoms with Crippen LogP contribution in [0.1, 0.15) is 6.92 Å². The fourth-order valence-electron chi connectivity index (χ4n) is 1.87. The molecule has 0 aliphatic heterocycles. The van der Waals surface area contributed by atoms with Crippen LogP contribution in [0.5, 0.6) is 0 Å². The predicted octanol–water partition coefficient (Wildman–Crippen LogP) is 1.17. The quantitative estimate of drug-likeness (QED) is 0.426. The van der Waals surface area contributed by atoms with E-state index in [9.17, 15) is 4.79 Å². The molecule has 0 fully saturated rings. The number of para-hydroxylation sites is 1. The Balaban J connectivity index is 2.41. The van der Waals surface area contributed by atoms with Crippen LogP contribution in [-0.4, -0.2) is 20.8 Å². The number of rotatable bonds is 2. The van der Waals surface area contributed by atoms with Gasteiger partial charge in [-0.2, -0.15) is 0 Å². The lowest BCUT2D eigenvalue weighted by Gasteiger charge is -1.98. The highest BCUT2D eigenvalue weighted by atomic mass is 32.2. The summed E-state index contributed by atoms with van der Waals surface area (Å²) in [6.07, 6.45) is 1.58. The predicted molar refractivity (Wildman–Crippen MR) is 69.7 cm³/mol. The van der Waals surface area contributed by atoms with Gasteiger partial charge in [-0.05, 0) is 22.9 Å². The largest absolute Gasteiger partial charge is 0.312 e. The van der Waals surface area contributed by atoms with Gasteiger partial charge in [0.1, 0.15) is 0 Å². The molecule has 3 aromatic rings. The molecule has 0 aliphatic carbocycles. The summed E-state index contributed by atoms with van der Waals surface area (Å²) in [6.45, 7) is 2.01. The SMILES string of the molecule is CCSc1n[n+]2cnc3ccccc3c2c(=O)[nH]1. The van der Waals surface area contributed by atoms with Crippen LogP contribution in [0.3, 0.4) is 0 Å². The Morgan fingerprint density at radius 2 is 2.22 bits per heavy atom. The smallest absolute Gasteiger partial charge is 0.295 e. The molecule has 18 heavy (non-hydrogen) atoms. The van der Waals surface area contributed by atoms with E-state index in [1.54, 1.807) is 10.8 Å². The zero-order valence-electron chi connectivity index (χ0n) is 9.75. The third kappa shape index (κ3) is 1.74. The van der Waals surface area contributed by atoms with E-state index in [-0.39, 0.29) is 5.56 Å². The second kappa shape index (κ2) is 4.38. The van der Waals surface area contributed by atoms with Crippen LogP contribution in [-0.2, 0) is 0 Å². The number of H-pyrrole nitrogens is 1. The van der Waals surface area contributed by atoms with Gasteiger partial charge in [0.15, 0.2) is 5.52 Å². The van der Waals surface area contributed by atoms with Gasteiger partial charge in [0.25, 0.3) is 0 Å². The second-order valence-corrected chi connectivity index (χ2v) is 5.00. The molecule has 0 radical (unpaired) electrons. The van der Waals surface area contributed by atoms with Gasteiger partial charge in [0.05, 0.1) is 5.39 Å². The van der Waals surface area contributed by atoms with Crippen molar-refractivity contribution in [3.8, 4) is 0 Å². The summed E-state index contributed by atoms with van der Waals surface area (Å²) in [4.78, 5) is 19.2. The highest BCUT2D eigenvalue weighted by Gasteiger charge is 2.14. The summed E-state index contributed by atoms with van der Waals surface area (Å²) in [7, 11) is 0. The summed E-state index contributed by atoms with van der Waals surface area (Å²) in [5, 5.41) is 5.75. The highest BCUT2D eigenvalue weighted by molar-refractivity contribution is 7.99. The number of nitrogens with one attached hydrogen (secondary N) is 1. The van der Waals surface area contributed by atoms with Crippen molar-refractivity contribution in [2.75, 3.05) is 5.75 Å². The maximum absolute atomic E-state index is 12.1. The minimum absolute atomic E-state index is 0.139. The van der Waals surface area contributed by atoms with E-state index < -0.39 is 0 Å². The Hall–Kier alpha value is -1.95. The van der Waals surface area contributed by atoms with Crippen LogP contribution in [0.15, 0.2) is 40.5 Å². The molecule has 2 aromatic heterocycles. The minimum atomic E-state index is -0.139. The molecule has 0 saturated carbocycles. The van der Waals surface area contributed by atoms with Crippen molar-refractivity contribution >= 4 is 28.2 Å². The first-order valence-electron chi connectivity index (χ1n) is 5.62. The standard InChI is InChI=1S/C12H10N4OS/c1-2-18-12-14-11(17)10-8-5-3-4-6-9(8)13-7-16(10)15-12/h3-7H,2H2,1H3/p+1. The van der Waals surface area contributed by atoms with Crippen LogP contribution in [0.2, 0.25) is 0 Å². The number of hydrogen-bond acceptors (Lipinski definition) is 4. The summed E-state index contributed by atoms with van der Waals surface area (Å²) < 4.78 is 1.54. The molecule has 5 nitrogen and oxygen atoms in total. The molecule has 3 rings (SSSR count). The Labute approximate surface area is 107 Å². The van der Waals surface area contributed by atoms with Crippen LogP contribution >= 0.6 is 11.8 Å². The van der Waals surface area contributed by atoms with E-state index >= 15 is 0 Å². The normalized spacial score (nSPS) is 11.2. The molecule has 0 saturated heterocycles. The zero-order valence-corrected chi connectivity index (χ0v) is 10.6. The lowest BCUT2D eigenvalue weighted by atomic mass is 10.2. The molecule has 1 aromatic carbocycles. The van der Waals surface area contributed by atoms with Gasteiger partial charge in [0, 0.05) is 0 Å². The number of benzene rings is 1. The van der Waals surface area contributed by atoms with Crippen LogP contribution in [0.25, 0.3) is 16.4 Å². The average molecular weight is 259 g/mol. The lowest BCUT2D eigenvalue weighted by molar-refractivity contribution is -0.589. The Bertz CT molecular complexity index is 784. The lowest BCUT2D eigenvalue weighted by Crippen LogP contribution is -2.35. The molecule has 90 valence electrons. The highest BCUT2D eigenvalue weighted by Crippen LogP contribution is 2.12. The monoisotopic (exact) mass is 259 g/mol. The van der Waals surface area contributed by atoms with E-state index in [1.165, 1.54) is 11.8 Å². The van der Waals surface area contributed by atoms with Crippen molar-refractivity contribution < 1.29 is 4.52 Å². The van der Waals surface area contributed by atoms with Gasteiger partial charge in [-0.3, -0.25) is 9.78 Å².